The highest BCUT2D eigenvalue weighted by atomic mass is 16.7. The summed E-state index contributed by atoms with van der Waals surface area (Å²) < 4.78 is 13.7. The maximum atomic E-state index is 11.4. The van der Waals surface area contributed by atoms with Crippen LogP contribution in [0.3, 0.4) is 0 Å². The van der Waals surface area contributed by atoms with E-state index in [2.05, 4.69) is 9.97 Å². The van der Waals surface area contributed by atoms with E-state index in [4.69, 9.17) is 9.47 Å². The molecule has 1 aliphatic heterocycles. The molecule has 0 aliphatic carbocycles. The third-order valence-electron chi connectivity index (χ3n) is 4.10. The number of aldehydes is 1. The minimum absolute atomic E-state index is 0.148. The molecule has 0 spiro atoms. The Hall–Kier alpha value is -2.05. The van der Waals surface area contributed by atoms with Gasteiger partial charge in [-0.1, -0.05) is 6.08 Å². The molecule has 2 aromatic heterocycles. The van der Waals surface area contributed by atoms with Crippen molar-refractivity contribution in [3.63, 3.8) is 0 Å². The smallest absolute Gasteiger partial charge is 0.163 e. The van der Waals surface area contributed by atoms with Crippen LogP contribution in [0.25, 0.3) is 11.0 Å². The summed E-state index contributed by atoms with van der Waals surface area (Å²) in [7, 11) is 0. The Kier molecular flexibility index (Phi) is 4.04. The predicted molar refractivity (Wildman–Crippen MR) is 86.0 cm³/mol. The van der Waals surface area contributed by atoms with Crippen LogP contribution in [0.2, 0.25) is 0 Å². The lowest BCUT2D eigenvalue weighted by atomic mass is 10.1. The van der Waals surface area contributed by atoms with E-state index in [1.165, 1.54) is 0 Å². The van der Waals surface area contributed by atoms with Crippen LogP contribution in [-0.4, -0.2) is 39.3 Å². The summed E-state index contributed by atoms with van der Waals surface area (Å²) in [4.78, 5) is 20.0. The molecule has 0 saturated carbocycles. The van der Waals surface area contributed by atoms with Crippen molar-refractivity contribution >= 4 is 17.3 Å². The van der Waals surface area contributed by atoms with Crippen molar-refractivity contribution in [1.82, 2.24) is 14.5 Å². The number of nitrogens with zero attached hydrogens (tertiary/aromatic N) is 3. The number of fused-ring (bicyclic) bond motifs is 1. The van der Waals surface area contributed by atoms with Crippen molar-refractivity contribution in [2.75, 3.05) is 6.61 Å². The number of hydrogen-bond acceptors (Lipinski definition) is 5. The molecular weight excluding hydrogens is 294 g/mol. The van der Waals surface area contributed by atoms with Crippen molar-refractivity contribution in [1.29, 1.82) is 0 Å². The molecule has 0 bridgehead atoms. The maximum absolute atomic E-state index is 11.4. The lowest BCUT2D eigenvalue weighted by molar-refractivity contribution is -0.236. The van der Waals surface area contributed by atoms with Gasteiger partial charge in [-0.25, -0.2) is 9.97 Å². The third kappa shape index (κ3) is 3.04. The fourth-order valence-corrected chi connectivity index (χ4v) is 2.93. The third-order valence-corrected chi connectivity index (χ3v) is 4.10. The highest BCUT2D eigenvalue weighted by molar-refractivity contribution is 5.79. The van der Waals surface area contributed by atoms with Gasteiger partial charge in [0.05, 0.1) is 24.4 Å². The normalized spacial score (nSPS) is 27.0. The zero-order chi connectivity index (χ0) is 16.6. The van der Waals surface area contributed by atoms with Gasteiger partial charge < -0.3 is 14.0 Å². The zero-order valence-electron chi connectivity index (χ0n) is 13.8. The summed E-state index contributed by atoms with van der Waals surface area (Å²) >= 11 is 0. The molecule has 0 fully saturated rings. The van der Waals surface area contributed by atoms with Crippen molar-refractivity contribution in [3.05, 3.63) is 35.9 Å². The van der Waals surface area contributed by atoms with Crippen molar-refractivity contribution < 1.29 is 14.3 Å². The van der Waals surface area contributed by atoms with Gasteiger partial charge in [-0.3, -0.25) is 4.79 Å². The molecule has 0 saturated heterocycles. The average Bonchev–Trinajstić information content (AvgIpc) is 2.91. The minimum atomic E-state index is -0.756. The SMILES string of the molecule is Cc1ncnc2c1ccn2[C@@H]1/C=C(/C=O)COC(C)(C)O[C@@H]1C. The highest BCUT2D eigenvalue weighted by Gasteiger charge is 2.30. The number of ether oxygens (including phenoxy) is 2. The molecule has 3 heterocycles. The fourth-order valence-electron chi connectivity index (χ4n) is 2.93. The molecule has 0 N–H and O–H groups in total. The van der Waals surface area contributed by atoms with Gasteiger partial charge in [-0.05, 0) is 33.8 Å². The Morgan fingerprint density at radius 3 is 2.91 bits per heavy atom. The van der Waals surface area contributed by atoms with Crippen LogP contribution in [0.15, 0.2) is 30.2 Å². The topological polar surface area (TPSA) is 66.2 Å². The quantitative estimate of drug-likeness (QED) is 0.797. The Labute approximate surface area is 135 Å². The average molecular weight is 315 g/mol. The number of carbonyl (C=O) groups is 1. The van der Waals surface area contributed by atoms with Crippen molar-refractivity contribution in [2.45, 2.75) is 45.6 Å². The summed E-state index contributed by atoms with van der Waals surface area (Å²) in [5, 5.41) is 0.998. The second-order valence-electron chi connectivity index (χ2n) is 6.28. The van der Waals surface area contributed by atoms with Gasteiger partial charge >= 0.3 is 0 Å². The van der Waals surface area contributed by atoms with Gasteiger partial charge in [0, 0.05) is 17.2 Å². The van der Waals surface area contributed by atoms with Gasteiger partial charge in [-0.15, -0.1) is 0 Å². The van der Waals surface area contributed by atoms with E-state index in [0.717, 1.165) is 23.0 Å². The molecule has 0 amide bonds. The number of aromatic nitrogens is 3. The van der Waals surface area contributed by atoms with E-state index < -0.39 is 5.79 Å². The number of aryl methyl sites for hydroxylation is 1. The molecule has 23 heavy (non-hydrogen) atoms. The summed E-state index contributed by atoms with van der Waals surface area (Å²) in [5.41, 5.74) is 2.36. The Morgan fingerprint density at radius 2 is 2.17 bits per heavy atom. The lowest BCUT2D eigenvalue weighted by Crippen LogP contribution is -2.38. The van der Waals surface area contributed by atoms with Crippen LogP contribution in [0, 0.1) is 6.92 Å². The maximum Gasteiger partial charge on any atom is 0.163 e. The van der Waals surface area contributed by atoms with E-state index in [9.17, 15) is 4.79 Å². The first kappa shape index (κ1) is 15.8. The molecule has 0 radical (unpaired) electrons. The Morgan fingerprint density at radius 1 is 1.39 bits per heavy atom. The molecule has 122 valence electrons. The summed E-state index contributed by atoms with van der Waals surface area (Å²) in [6.07, 6.45) is 6.06. The monoisotopic (exact) mass is 315 g/mol. The molecule has 0 aromatic carbocycles. The van der Waals surface area contributed by atoms with E-state index in [1.807, 2.05) is 50.6 Å². The first-order chi connectivity index (χ1) is 10.9. The molecular formula is C17H21N3O3. The first-order valence-electron chi connectivity index (χ1n) is 7.67. The predicted octanol–water partition coefficient (Wildman–Crippen LogP) is 2.58. The first-order valence-corrected chi connectivity index (χ1v) is 7.67. The number of carbonyl (C=O) groups excluding carboxylic acids is 1. The Bertz CT molecular complexity index is 764. The van der Waals surface area contributed by atoms with Crippen LogP contribution >= 0.6 is 0 Å². The van der Waals surface area contributed by atoms with Crippen LogP contribution < -0.4 is 0 Å². The van der Waals surface area contributed by atoms with Gasteiger partial charge in [0.15, 0.2) is 5.79 Å². The van der Waals surface area contributed by atoms with E-state index in [-0.39, 0.29) is 18.8 Å². The largest absolute Gasteiger partial charge is 0.346 e. The van der Waals surface area contributed by atoms with Crippen molar-refractivity contribution in [3.8, 4) is 0 Å². The van der Waals surface area contributed by atoms with Gasteiger partial charge in [0.25, 0.3) is 0 Å². The zero-order valence-corrected chi connectivity index (χ0v) is 13.8. The van der Waals surface area contributed by atoms with Crippen molar-refractivity contribution in [2.24, 2.45) is 0 Å². The van der Waals surface area contributed by atoms with Crippen LogP contribution in [0.5, 0.6) is 0 Å². The van der Waals surface area contributed by atoms with E-state index in [0.29, 0.717) is 5.57 Å². The molecule has 0 unspecified atom stereocenters. The van der Waals surface area contributed by atoms with E-state index in [1.54, 1.807) is 6.33 Å². The summed E-state index contributed by atoms with van der Waals surface area (Å²) in [5.74, 6) is -0.756. The summed E-state index contributed by atoms with van der Waals surface area (Å²) in [6.45, 7) is 7.87. The highest BCUT2D eigenvalue weighted by Crippen LogP contribution is 2.30. The fraction of sp³-hybridized carbons (Fsp3) is 0.471. The van der Waals surface area contributed by atoms with Crippen LogP contribution in [-0.2, 0) is 14.3 Å². The van der Waals surface area contributed by atoms with Crippen LogP contribution in [0.1, 0.15) is 32.5 Å². The summed E-state index contributed by atoms with van der Waals surface area (Å²) in [6, 6.07) is 1.84. The van der Waals surface area contributed by atoms with E-state index >= 15 is 0 Å². The minimum Gasteiger partial charge on any atom is -0.346 e. The molecule has 6 nitrogen and oxygen atoms in total. The molecule has 1 aliphatic rings. The second kappa shape index (κ2) is 5.86. The number of rotatable bonds is 2. The molecule has 6 heteroatoms. The van der Waals surface area contributed by atoms with Gasteiger partial charge in [0.2, 0.25) is 0 Å². The molecule has 2 aromatic rings. The lowest BCUT2D eigenvalue weighted by Gasteiger charge is -2.35. The number of hydrogen-bond donors (Lipinski definition) is 0. The second-order valence-corrected chi connectivity index (χ2v) is 6.28. The molecule has 2 atom stereocenters. The standard InChI is InChI=1S/C17H21N3O3/c1-11-14-5-6-20(16(14)19-10-18-11)15-7-13(8-21)9-22-17(3,4)23-12(15)2/h5-8,10,12,15H,9H2,1-4H3/b13-7-/t12-,15-/m1/s1. The van der Waals surface area contributed by atoms with Gasteiger partial charge in [-0.2, -0.15) is 0 Å². The van der Waals surface area contributed by atoms with Gasteiger partial charge in [0.1, 0.15) is 18.3 Å². The molecule has 3 rings (SSSR count). The van der Waals surface area contributed by atoms with Crippen LogP contribution in [0.4, 0.5) is 0 Å². The Balaban J connectivity index is 2.11.